The van der Waals surface area contributed by atoms with Gasteiger partial charge in [0, 0.05) is 33.1 Å². The number of aromatic nitrogens is 2. The first-order valence-electron chi connectivity index (χ1n) is 19.0. The second-order valence-electron chi connectivity index (χ2n) is 15.3. The van der Waals surface area contributed by atoms with Crippen molar-refractivity contribution < 1.29 is 4.74 Å². The van der Waals surface area contributed by atoms with Crippen LogP contribution in [0.1, 0.15) is 47.2 Å². The standard InChI is InChI=1S/C52H36N2O/c1-51(2)40-22-6-8-24-42(40)52(43-25-9-7-23-41(43)51)44-26-10-12-28-47(44)55-48-32-35(29-30-45(48)52)34-17-13-18-36(31-34)50-53-46-27-11-5-20-39(46)49(54-50)38-21-14-16-33-15-3-4-19-37(33)38/h3-32H,1-2H3. The first kappa shape index (κ1) is 31.7. The Bertz CT molecular complexity index is 2960. The lowest BCUT2D eigenvalue weighted by molar-refractivity contribution is 0.425. The van der Waals surface area contributed by atoms with E-state index in [-0.39, 0.29) is 5.41 Å². The highest BCUT2D eigenvalue weighted by molar-refractivity contribution is 6.03. The van der Waals surface area contributed by atoms with Crippen LogP contribution in [0.2, 0.25) is 0 Å². The number of para-hydroxylation sites is 2. The van der Waals surface area contributed by atoms with Crippen LogP contribution in [0, 0.1) is 0 Å². The Morgan fingerprint density at radius 3 is 1.80 bits per heavy atom. The summed E-state index contributed by atoms with van der Waals surface area (Å²) in [5.74, 6) is 2.45. The zero-order chi connectivity index (χ0) is 36.7. The van der Waals surface area contributed by atoms with Crippen molar-refractivity contribution in [1.29, 1.82) is 0 Å². The van der Waals surface area contributed by atoms with Crippen LogP contribution in [0.5, 0.6) is 11.5 Å². The average Bonchev–Trinajstić information content (AvgIpc) is 3.24. The summed E-state index contributed by atoms with van der Waals surface area (Å²) < 4.78 is 6.89. The predicted octanol–water partition coefficient (Wildman–Crippen LogP) is 12.9. The van der Waals surface area contributed by atoms with Gasteiger partial charge in [-0.05, 0) is 68.4 Å². The number of rotatable bonds is 3. The highest BCUT2D eigenvalue weighted by Crippen LogP contribution is 2.61. The molecule has 0 amide bonds. The van der Waals surface area contributed by atoms with Gasteiger partial charge in [0.2, 0.25) is 0 Å². The van der Waals surface area contributed by atoms with Crippen LogP contribution in [0.25, 0.3) is 55.4 Å². The van der Waals surface area contributed by atoms with E-state index in [0.29, 0.717) is 5.82 Å². The largest absolute Gasteiger partial charge is 0.457 e. The van der Waals surface area contributed by atoms with Crippen molar-refractivity contribution in [2.45, 2.75) is 24.7 Å². The SMILES string of the molecule is CC1(C)c2ccccc2C2(c3ccccc3Oc3cc(-c4cccc(-c5nc(-c6cccc7ccccc67)c6ccccc6n5)c4)ccc32)c2ccccc21. The summed E-state index contributed by atoms with van der Waals surface area (Å²) in [5, 5.41) is 3.40. The summed E-state index contributed by atoms with van der Waals surface area (Å²) in [6, 6.07) is 65.2. The topological polar surface area (TPSA) is 35.0 Å². The maximum absolute atomic E-state index is 6.89. The normalized spacial score (nSPS) is 14.4. The van der Waals surface area contributed by atoms with Crippen molar-refractivity contribution in [3.05, 3.63) is 215 Å². The summed E-state index contributed by atoms with van der Waals surface area (Å²) in [6.45, 7) is 4.70. The molecule has 55 heavy (non-hydrogen) atoms. The third-order valence-corrected chi connectivity index (χ3v) is 12.0. The predicted molar refractivity (Wildman–Crippen MR) is 224 cm³/mol. The van der Waals surface area contributed by atoms with Gasteiger partial charge in [0.05, 0.1) is 16.6 Å². The van der Waals surface area contributed by atoms with Crippen molar-refractivity contribution in [3.63, 3.8) is 0 Å². The minimum absolute atomic E-state index is 0.162. The molecule has 1 aliphatic heterocycles. The molecule has 1 spiro atoms. The molecule has 0 atom stereocenters. The van der Waals surface area contributed by atoms with Gasteiger partial charge in [0.15, 0.2) is 5.82 Å². The van der Waals surface area contributed by atoms with Gasteiger partial charge in [0.25, 0.3) is 0 Å². The van der Waals surface area contributed by atoms with Gasteiger partial charge in [-0.1, -0.05) is 172 Å². The van der Waals surface area contributed by atoms with Crippen LogP contribution in [0.4, 0.5) is 0 Å². The van der Waals surface area contributed by atoms with Crippen molar-refractivity contribution in [2.75, 3.05) is 0 Å². The molecule has 0 unspecified atom stereocenters. The van der Waals surface area contributed by atoms with Gasteiger partial charge in [0.1, 0.15) is 11.5 Å². The molecule has 1 aliphatic carbocycles. The van der Waals surface area contributed by atoms with E-state index in [0.717, 1.165) is 55.9 Å². The number of benzene rings is 8. The van der Waals surface area contributed by atoms with Crippen molar-refractivity contribution in [1.82, 2.24) is 9.97 Å². The third kappa shape index (κ3) is 4.56. The molecule has 2 aliphatic rings. The van der Waals surface area contributed by atoms with E-state index in [1.165, 1.54) is 38.6 Å². The van der Waals surface area contributed by atoms with Gasteiger partial charge in [-0.25, -0.2) is 9.97 Å². The van der Waals surface area contributed by atoms with E-state index in [9.17, 15) is 0 Å². The van der Waals surface area contributed by atoms with Crippen LogP contribution < -0.4 is 4.74 Å². The van der Waals surface area contributed by atoms with E-state index in [1.54, 1.807) is 0 Å². The number of hydrogen-bond donors (Lipinski definition) is 0. The Morgan fingerprint density at radius 2 is 1.00 bits per heavy atom. The lowest BCUT2D eigenvalue weighted by Gasteiger charge is -2.50. The van der Waals surface area contributed by atoms with Crippen LogP contribution >= 0.6 is 0 Å². The number of nitrogens with zero attached hydrogens (tertiary/aromatic N) is 2. The molecule has 0 fully saturated rings. The molecule has 2 heterocycles. The number of ether oxygens (including phenoxy) is 1. The fourth-order valence-corrected chi connectivity index (χ4v) is 9.49. The van der Waals surface area contributed by atoms with Crippen molar-refractivity contribution in [3.8, 4) is 45.3 Å². The summed E-state index contributed by atoms with van der Waals surface area (Å²) >= 11 is 0. The lowest BCUT2D eigenvalue weighted by atomic mass is 9.53. The molecule has 0 saturated heterocycles. The van der Waals surface area contributed by atoms with Crippen LogP contribution in [0.15, 0.2) is 182 Å². The van der Waals surface area contributed by atoms with Crippen LogP contribution in [0.3, 0.4) is 0 Å². The Hall–Kier alpha value is -6.84. The van der Waals surface area contributed by atoms with Crippen LogP contribution in [-0.4, -0.2) is 9.97 Å². The molecule has 0 radical (unpaired) electrons. The summed E-state index contributed by atoms with van der Waals surface area (Å²) in [6.07, 6.45) is 0. The van der Waals surface area contributed by atoms with Gasteiger partial charge in [-0.2, -0.15) is 0 Å². The van der Waals surface area contributed by atoms with E-state index in [1.807, 2.05) is 6.07 Å². The smallest absolute Gasteiger partial charge is 0.160 e. The molecule has 260 valence electrons. The molecular formula is C52H36N2O. The van der Waals surface area contributed by atoms with E-state index >= 15 is 0 Å². The fraction of sp³-hybridized carbons (Fsp3) is 0.0769. The summed E-state index contributed by atoms with van der Waals surface area (Å²) in [7, 11) is 0. The highest BCUT2D eigenvalue weighted by Gasteiger charge is 2.52. The first-order valence-corrected chi connectivity index (χ1v) is 19.0. The Morgan fingerprint density at radius 1 is 0.418 bits per heavy atom. The molecule has 0 saturated carbocycles. The average molecular weight is 705 g/mol. The van der Waals surface area contributed by atoms with E-state index in [2.05, 4.69) is 190 Å². The molecule has 8 aromatic carbocycles. The van der Waals surface area contributed by atoms with Gasteiger partial charge < -0.3 is 4.74 Å². The Labute approximate surface area is 320 Å². The molecule has 0 N–H and O–H groups in total. The minimum atomic E-state index is -0.537. The number of hydrogen-bond acceptors (Lipinski definition) is 3. The number of fused-ring (bicyclic) bond motifs is 10. The van der Waals surface area contributed by atoms with E-state index in [4.69, 9.17) is 14.7 Å². The van der Waals surface area contributed by atoms with Crippen LogP contribution in [-0.2, 0) is 10.8 Å². The molecule has 9 aromatic rings. The summed E-state index contributed by atoms with van der Waals surface area (Å²) in [4.78, 5) is 10.4. The zero-order valence-electron chi connectivity index (χ0n) is 30.6. The fourth-order valence-electron chi connectivity index (χ4n) is 9.49. The molecule has 0 bridgehead atoms. The second kappa shape index (κ2) is 11.8. The van der Waals surface area contributed by atoms with Crippen molar-refractivity contribution in [2.24, 2.45) is 0 Å². The maximum Gasteiger partial charge on any atom is 0.160 e. The molecule has 3 nitrogen and oxygen atoms in total. The Balaban J connectivity index is 1.09. The monoisotopic (exact) mass is 704 g/mol. The third-order valence-electron chi connectivity index (χ3n) is 12.0. The summed E-state index contributed by atoms with van der Waals surface area (Å²) in [5.41, 5.74) is 13.0. The second-order valence-corrected chi connectivity index (χ2v) is 15.3. The Kier molecular flexibility index (Phi) is 6.81. The molecule has 1 aromatic heterocycles. The maximum atomic E-state index is 6.89. The minimum Gasteiger partial charge on any atom is -0.457 e. The van der Waals surface area contributed by atoms with Gasteiger partial charge in [-0.15, -0.1) is 0 Å². The van der Waals surface area contributed by atoms with Crippen molar-refractivity contribution >= 4 is 21.7 Å². The van der Waals surface area contributed by atoms with Gasteiger partial charge >= 0.3 is 0 Å². The quantitative estimate of drug-likeness (QED) is 0.184. The highest BCUT2D eigenvalue weighted by atomic mass is 16.5. The molecular weight excluding hydrogens is 669 g/mol. The van der Waals surface area contributed by atoms with Gasteiger partial charge in [-0.3, -0.25) is 0 Å². The molecule has 3 heteroatoms. The zero-order valence-corrected chi connectivity index (χ0v) is 30.6. The first-order chi connectivity index (χ1) is 27.0. The molecule has 11 rings (SSSR count). The lowest BCUT2D eigenvalue weighted by Crippen LogP contribution is -2.43. The van der Waals surface area contributed by atoms with E-state index < -0.39 is 5.41 Å².